The van der Waals surface area contributed by atoms with Gasteiger partial charge in [-0.3, -0.25) is 0 Å². The SMILES string of the molecule is C/C=C\C#C/C=C\C=C\C. The van der Waals surface area contributed by atoms with Crippen LogP contribution in [0, 0.1) is 11.8 Å². The molecule has 0 unspecified atom stereocenters. The Balaban J connectivity index is 3.64. The van der Waals surface area contributed by atoms with Crippen molar-refractivity contribution in [3.63, 3.8) is 0 Å². The summed E-state index contributed by atoms with van der Waals surface area (Å²) in [6.45, 7) is 3.92. The van der Waals surface area contributed by atoms with Crippen LogP contribution >= 0.6 is 0 Å². The second-order valence-corrected chi connectivity index (χ2v) is 1.67. The smallest absolute Gasteiger partial charge is 0.0115 e. The van der Waals surface area contributed by atoms with Gasteiger partial charge < -0.3 is 0 Å². The van der Waals surface area contributed by atoms with E-state index in [4.69, 9.17) is 0 Å². The minimum atomic E-state index is 1.82. The number of rotatable bonds is 1. The summed E-state index contributed by atoms with van der Waals surface area (Å²) in [6, 6.07) is 0. The van der Waals surface area contributed by atoms with Crippen molar-refractivity contribution < 1.29 is 0 Å². The van der Waals surface area contributed by atoms with E-state index in [1.54, 1.807) is 0 Å². The highest BCUT2D eigenvalue weighted by molar-refractivity contribution is 5.25. The molecule has 0 heterocycles. The minimum absolute atomic E-state index is 1.82. The summed E-state index contributed by atoms with van der Waals surface area (Å²) in [6.07, 6.45) is 11.4. The third kappa shape index (κ3) is 6.78. The molecule has 0 aromatic rings. The van der Waals surface area contributed by atoms with Crippen LogP contribution in [0.4, 0.5) is 0 Å². The summed E-state index contributed by atoms with van der Waals surface area (Å²) in [5.74, 6) is 5.70. The van der Waals surface area contributed by atoms with Crippen molar-refractivity contribution in [3.05, 3.63) is 36.5 Å². The molecule has 0 spiro atoms. The Morgan fingerprint density at radius 1 is 0.800 bits per heavy atom. The van der Waals surface area contributed by atoms with E-state index in [2.05, 4.69) is 11.8 Å². The van der Waals surface area contributed by atoms with Gasteiger partial charge in [-0.2, -0.15) is 0 Å². The summed E-state index contributed by atoms with van der Waals surface area (Å²) in [5.41, 5.74) is 0. The van der Waals surface area contributed by atoms with Crippen LogP contribution in [0.5, 0.6) is 0 Å². The average molecular weight is 132 g/mol. The molecule has 0 atom stereocenters. The van der Waals surface area contributed by atoms with Gasteiger partial charge in [-0.25, -0.2) is 0 Å². The van der Waals surface area contributed by atoms with Crippen molar-refractivity contribution in [1.82, 2.24) is 0 Å². The zero-order valence-electron chi connectivity index (χ0n) is 6.46. The van der Waals surface area contributed by atoms with Crippen molar-refractivity contribution in [2.24, 2.45) is 0 Å². The van der Waals surface area contributed by atoms with Gasteiger partial charge in [-0.1, -0.05) is 36.1 Å². The Hall–Kier alpha value is -1.22. The highest BCUT2D eigenvalue weighted by Gasteiger charge is 1.56. The van der Waals surface area contributed by atoms with Crippen LogP contribution in [-0.2, 0) is 0 Å². The lowest BCUT2D eigenvalue weighted by Gasteiger charge is -1.66. The molecule has 0 rings (SSSR count). The molecule has 52 valence electrons. The van der Waals surface area contributed by atoms with E-state index in [9.17, 15) is 0 Å². The Morgan fingerprint density at radius 2 is 1.50 bits per heavy atom. The van der Waals surface area contributed by atoms with Gasteiger partial charge in [0.1, 0.15) is 0 Å². The van der Waals surface area contributed by atoms with Crippen LogP contribution in [0.15, 0.2) is 36.5 Å². The van der Waals surface area contributed by atoms with Crippen molar-refractivity contribution in [1.29, 1.82) is 0 Å². The van der Waals surface area contributed by atoms with E-state index in [1.807, 2.05) is 50.3 Å². The van der Waals surface area contributed by atoms with Gasteiger partial charge in [0.15, 0.2) is 0 Å². The molecule has 0 saturated carbocycles. The summed E-state index contributed by atoms with van der Waals surface area (Å²) in [4.78, 5) is 0. The highest BCUT2D eigenvalue weighted by Crippen LogP contribution is 1.74. The second-order valence-electron chi connectivity index (χ2n) is 1.67. The Bertz CT molecular complexity index is 194. The zero-order valence-corrected chi connectivity index (χ0v) is 6.46. The number of hydrogen-bond acceptors (Lipinski definition) is 0. The molecule has 0 nitrogen and oxygen atoms in total. The molecule has 0 heteroatoms. The van der Waals surface area contributed by atoms with E-state index in [0.717, 1.165) is 0 Å². The first-order chi connectivity index (χ1) is 4.91. The third-order valence-electron chi connectivity index (χ3n) is 0.816. The number of hydrogen-bond donors (Lipinski definition) is 0. The first kappa shape index (κ1) is 8.78. The Morgan fingerprint density at radius 3 is 2.10 bits per heavy atom. The van der Waals surface area contributed by atoms with Gasteiger partial charge in [0.05, 0.1) is 0 Å². The molecule has 0 aromatic heterocycles. The van der Waals surface area contributed by atoms with Crippen LogP contribution in [0.1, 0.15) is 13.8 Å². The van der Waals surface area contributed by atoms with Crippen molar-refractivity contribution >= 4 is 0 Å². The lowest BCUT2D eigenvalue weighted by Crippen LogP contribution is -1.49. The molecular weight excluding hydrogens is 120 g/mol. The highest BCUT2D eigenvalue weighted by atomic mass is 13.6. The molecule has 0 aliphatic carbocycles. The fourth-order valence-corrected chi connectivity index (χ4v) is 0.394. The van der Waals surface area contributed by atoms with E-state index in [-0.39, 0.29) is 0 Å². The lowest BCUT2D eigenvalue weighted by atomic mass is 10.4. The third-order valence-corrected chi connectivity index (χ3v) is 0.816. The molecule has 0 saturated heterocycles. The first-order valence-electron chi connectivity index (χ1n) is 3.32. The molecule has 0 aliphatic rings. The normalized spacial score (nSPS) is 11.0. The molecule has 0 aromatic carbocycles. The van der Waals surface area contributed by atoms with Crippen molar-refractivity contribution in [2.75, 3.05) is 0 Å². The van der Waals surface area contributed by atoms with Crippen LogP contribution in [0.25, 0.3) is 0 Å². The fourth-order valence-electron chi connectivity index (χ4n) is 0.394. The fraction of sp³-hybridized carbons (Fsp3) is 0.200. The monoisotopic (exact) mass is 132 g/mol. The maximum Gasteiger partial charge on any atom is -0.0115 e. The second kappa shape index (κ2) is 7.78. The molecule has 0 bridgehead atoms. The van der Waals surface area contributed by atoms with Gasteiger partial charge in [0, 0.05) is 0 Å². The van der Waals surface area contributed by atoms with Gasteiger partial charge in [-0.15, -0.1) is 0 Å². The summed E-state index contributed by atoms with van der Waals surface area (Å²) < 4.78 is 0. The quantitative estimate of drug-likeness (QED) is 0.380. The maximum atomic E-state index is 2.85. The van der Waals surface area contributed by atoms with Crippen LogP contribution < -0.4 is 0 Å². The summed E-state index contributed by atoms with van der Waals surface area (Å²) >= 11 is 0. The zero-order chi connectivity index (χ0) is 7.66. The molecular formula is C10H12. The summed E-state index contributed by atoms with van der Waals surface area (Å²) in [7, 11) is 0. The predicted molar refractivity (Wildman–Crippen MR) is 46.5 cm³/mol. The number of allylic oxidation sites excluding steroid dienone is 6. The van der Waals surface area contributed by atoms with Gasteiger partial charge >= 0.3 is 0 Å². The van der Waals surface area contributed by atoms with E-state index in [0.29, 0.717) is 0 Å². The molecule has 0 N–H and O–H groups in total. The van der Waals surface area contributed by atoms with Gasteiger partial charge in [0.25, 0.3) is 0 Å². The molecule has 0 amide bonds. The maximum absolute atomic E-state index is 2.85. The molecule has 10 heavy (non-hydrogen) atoms. The molecule has 0 radical (unpaired) electrons. The van der Waals surface area contributed by atoms with Crippen molar-refractivity contribution in [3.8, 4) is 11.8 Å². The Labute approximate surface area is 63.0 Å². The summed E-state index contributed by atoms with van der Waals surface area (Å²) in [5, 5.41) is 0. The van der Waals surface area contributed by atoms with E-state index in [1.165, 1.54) is 0 Å². The first-order valence-corrected chi connectivity index (χ1v) is 3.32. The van der Waals surface area contributed by atoms with E-state index < -0.39 is 0 Å². The molecule has 0 fully saturated rings. The van der Waals surface area contributed by atoms with Crippen LogP contribution in [0.2, 0.25) is 0 Å². The average Bonchev–Trinajstić information content (AvgIpc) is 1.97. The Kier molecular flexibility index (Phi) is 6.83. The lowest BCUT2D eigenvalue weighted by molar-refractivity contribution is 1.73. The largest absolute Gasteiger partial charge is 0.0876 e. The van der Waals surface area contributed by atoms with Crippen LogP contribution in [-0.4, -0.2) is 0 Å². The van der Waals surface area contributed by atoms with Crippen LogP contribution in [0.3, 0.4) is 0 Å². The molecule has 0 aliphatic heterocycles. The topological polar surface area (TPSA) is 0 Å². The minimum Gasteiger partial charge on any atom is -0.0876 e. The van der Waals surface area contributed by atoms with E-state index >= 15 is 0 Å². The van der Waals surface area contributed by atoms with Gasteiger partial charge in [0.2, 0.25) is 0 Å². The predicted octanol–water partition coefficient (Wildman–Crippen LogP) is 2.70. The standard InChI is InChI=1S/C10H12/c1-3-5-7-9-10-8-6-4-2/h3-7,9H,1-2H3/b5-3+,6-4-,9-7-. The van der Waals surface area contributed by atoms with Gasteiger partial charge in [-0.05, 0) is 26.0 Å². The van der Waals surface area contributed by atoms with Crippen molar-refractivity contribution in [2.45, 2.75) is 13.8 Å².